The van der Waals surface area contributed by atoms with Gasteiger partial charge in [-0.1, -0.05) is 18.7 Å². The average Bonchev–Trinajstić information content (AvgIpc) is 3.19. The lowest BCUT2D eigenvalue weighted by molar-refractivity contribution is -0.138. The number of allylic oxidation sites excluding steroid dienone is 2. The third kappa shape index (κ3) is 5.98. The molecule has 46 heavy (non-hydrogen) atoms. The maximum absolute atomic E-state index is 15.0. The SMILES string of the molecule is C=CC(=O)N1[C@H](C)CN(c2nc(=O)n3c4c(c(C5=CCC(F)(F)CC5)c(C(F)(F)F)cc24)SC[C@@H](Oc2ccccn2)C3)C[C@@H]1C. The lowest BCUT2D eigenvalue weighted by Gasteiger charge is -2.44. The number of pyridine rings is 1. The Morgan fingerprint density at radius 3 is 2.52 bits per heavy atom. The van der Waals surface area contributed by atoms with Crippen LogP contribution >= 0.6 is 11.8 Å². The molecule has 2 aliphatic heterocycles. The number of thioether (sulfide) groups is 1. The molecule has 3 atom stereocenters. The Balaban J connectivity index is 1.57. The Bertz CT molecular complexity index is 1770. The van der Waals surface area contributed by atoms with Crippen LogP contribution in [0.25, 0.3) is 16.5 Å². The molecular weight excluding hydrogens is 629 g/mol. The van der Waals surface area contributed by atoms with Gasteiger partial charge in [-0.3, -0.25) is 9.36 Å². The molecule has 3 aromatic rings. The van der Waals surface area contributed by atoms with Crippen molar-refractivity contribution in [2.24, 2.45) is 0 Å². The van der Waals surface area contributed by atoms with Crippen molar-refractivity contribution in [3.63, 3.8) is 0 Å². The largest absolute Gasteiger partial charge is 0.472 e. The number of ether oxygens (including phenoxy) is 1. The lowest BCUT2D eigenvalue weighted by atomic mass is 9.87. The van der Waals surface area contributed by atoms with Crippen molar-refractivity contribution in [3.8, 4) is 5.88 Å². The van der Waals surface area contributed by atoms with Crippen LogP contribution < -0.4 is 15.3 Å². The van der Waals surface area contributed by atoms with E-state index < -0.39 is 42.3 Å². The van der Waals surface area contributed by atoms with E-state index in [-0.39, 0.29) is 88.4 Å². The van der Waals surface area contributed by atoms with Crippen molar-refractivity contribution in [3.05, 3.63) is 70.8 Å². The molecule has 6 rings (SSSR count). The van der Waals surface area contributed by atoms with Gasteiger partial charge < -0.3 is 14.5 Å². The first-order valence-corrected chi connectivity index (χ1v) is 15.9. The van der Waals surface area contributed by atoms with Crippen molar-refractivity contribution in [2.45, 2.75) is 74.8 Å². The summed E-state index contributed by atoms with van der Waals surface area (Å²) < 4.78 is 80.6. The summed E-state index contributed by atoms with van der Waals surface area (Å²) in [4.78, 5) is 38.5. The van der Waals surface area contributed by atoms with Crippen molar-refractivity contribution < 1.29 is 31.5 Å². The minimum Gasteiger partial charge on any atom is -0.472 e. The molecule has 2 aromatic heterocycles. The number of hydrogen-bond acceptors (Lipinski definition) is 7. The van der Waals surface area contributed by atoms with E-state index in [1.54, 1.807) is 28.0 Å². The highest BCUT2D eigenvalue weighted by Gasteiger charge is 2.42. The van der Waals surface area contributed by atoms with E-state index in [1.165, 1.54) is 22.9 Å². The van der Waals surface area contributed by atoms with Crippen molar-refractivity contribution in [1.29, 1.82) is 0 Å². The molecule has 1 aliphatic carbocycles. The molecule has 0 unspecified atom stereocenters. The molecule has 14 heteroatoms. The van der Waals surface area contributed by atoms with Crippen LogP contribution in [0.2, 0.25) is 0 Å². The summed E-state index contributed by atoms with van der Waals surface area (Å²) in [5, 5.41) is 0.112. The Morgan fingerprint density at radius 2 is 1.91 bits per heavy atom. The van der Waals surface area contributed by atoms with Gasteiger partial charge in [-0.15, -0.1) is 11.8 Å². The fraction of sp³-hybridized carbons (Fsp3) is 0.438. The van der Waals surface area contributed by atoms with Crippen LogP contribution in [0.15, 0.2) is 58.9 Å². The van der Waals surface area contributed by atoms with Gasteiger partial charge in [0.2, 0.25) is 11.8 Å². The molecule has 244 valence electrons. The Morgan fingerprint density at radius 1 is 1.17 bits per heavy atom. The van der Waals surface area contributed by atoms with E-state index in [9.17, 15) is 31.5 Å². The molecule has 1 aromatic carbocycles. The predicted molar refractivity (Wildman–Crippen MR) is 165 cm³/mol. The lowest BCUT2D eigenvalue weighted by Crippen LogP contribution is -2.58. The van der Waals surface area contributed by atoms with Gasteiger partial charge >= 0.3 is 11.9 Å². The summed E-state index contributed by atoms with van der Waals surface area (Å²) in [7, 11) is 0. The number of nitrogens with zero attached hydrogens (tertiary/aromatic N) is 5. The van der Waals surface area contributed by atoms with E-state index >= 15 is 0 Å². The summed E-state index contributed by atoms with van der Waals surface area (Å²) in [6.07, 6.45) is -3.07. The van der Waals surface area contributed by atoms with Gasteiger partial charge in [-0.25, -0.2) is 18.6 Å². The van der Waals surface area contributed by atoms with E-state index in [1.807, 2.05) is 13.8 Å². The Kier molecular flexibility index (Phi) is 8.36. The molecule has 0 saturated carbocycles. The van der Waals surface area contributed by atoms with E-state index in [0.29, 0.717) is 0 Å². The number of piperazine rings is 1. The van der Waals surface area contributed by atoms with E-state index in [2.05, 4.69) is 16.5 Å². The Hall–Kier alpha value is -3.94. The fourth-order valence-electron chi connectivity index (χ4n) is 6.63. The molecule has 1 amide bonds. The minimum absolute atomic E-state index is 0.0183. The predicted octanol–water partition coefficient (Wildman–Crippen LogP) is 6.18. The highest BCUT2D eigenvalue weighted by atomic mass is 32.2. The van der Waals surface area contributed by atoms with Gasteiger partial charge in [0, 0.05) is 71.9 Å². The standard InChI is InChI=1S/C32H32F5N5O3S/c1-4-25(43)42-18(2)14-40(15-19(42)3)29-22-13-23(32(35,36)37)26(20-8-10-31(33,34)11-9-20)28-27(22)41(30(44)39-29)16-21(17-46-28)45-24-7-5-6-12-38-24/h4-8,12-13,18-19,21H,1,9-11,14-17H2,2-3H3/t18-,19+,21-/m0/s1. The number of hydrogen-bond donors (Lipinski definition) is 0. The van der Waals surface area contributed by atoms with Crippen LogP contribution in [0.4, 0.5) is 27.8 Å². The smallest absolute Gasteiger partial charge is 0.417 e. The molecule has 0 spiro atoms. The highest BCUT2D eigenvalue weighted by Crippen LogP contribution is 2.49. The number of anilines is 1. The summed E-state index contributed by atoms with van der Waals surface area (Å²) in [5.41, 5.74) is -1.42. The number of rotatable bonds is 5. The van der Waals surface area contributed by atoms with E-state index in [0.717, 1.165) is 17.8 Å². The van der Waals surface area contributed by atoms with Crippen LogP contribution in [0, 0.1) is 0 Å². The molecular formula is C32H32F5N5O3S. The normalized spacial score (nSPS) is 23.1. The zero-order valence-electron chi connectivity index (χ0n) is 25.2. The zero-order valence-corrected chi connectivity index (χ0v) is 26.0. The molecule has 8 nitrogen and oxygen atoms in total. The van der Waals surface area contributed by atoms with Crippen LogP contribution in [-0.4, -0.2) is 68.3 Å². The van der Waals surface area contributed by atoms with Crippen molar-refractivity contribution in [1.82, 2.24) is 19.4 Å². The van der Waals surface area contributed by atoms with Crippen molar-refractivity contribution in [2.75, 3.05) is 23.7 Å². The third-order valence-corrected chi connectivity index (χ3v) is 9.83. The monoisotopic (exact) mass is 661 g/mol. The summed E-state index contributed by atoms with van der Waals surface area (Å²) in [6.45, 7) is 7.60. The van der Waals surface area contributed by atoms with Gasteiger partial charge in [0.05, 0.1) is 17.6 Å². The molecule has 0 N–H and O–H groups in total. The number of carbonyl (C=O) groups is 1. The number of amides is 1. The number of carbonyl (C=O) groups excluding carboxylic acids is 1. The molecule has 0 bridgehead atoms. The average molecular weight is 662 g/mol. The van der Waals surface area contributed by atoms with Gasteiger partial charge in [0.1, 0.15) is 11.9 Å². The molecule has 1 fully saturated rings. The maximum Gasteiger partial charge on any atom is 0.417 e. The molecule has 3 aliphatic rings. The molecule has 0 radical (unpaired) electrons. The number of aromatic nitrogens is 3. The zero-order chi connectivity index (χ0) is 33.0. The maximum atomic E-state index is 15.0. The second-order valence-corrected chi connectivity index (χ2v) is 12.9. The molecule has 1 saturated heterocycles. The van der Waals surface area contributed by atoms with E-state index in [4.69, 9.17) is 4.74 Å². The first-order valence-electron chi connectivity index (χ1n) is 14.9. The topological polar surface area (TPSA) is 80.6 Å². The Labute approximate surface area is 265 Å². The quantitative estimate of drug-likeness (QED) is 0.239. The van der Waals surface area contributed by atoms with Crippen LogP contribution in [0.1, 0.15) is 44.2 Å². The van der Waals surface area contributed by atoms with Gasteiger partial charge in [0.15, 0.2) is 0 Å². The number of alkyl halides is 5. The minimum atomic E-state index is -4.84. The fourth-order valence-corrected chi connectivity index (χ4v) is 7.90. The first-order chi connectivity index (χ1) is 21.8. The number of halogens is 5. The second-order valence-electron chi connectivity index (χ2n) is 11.9. The summed E-state index contributed by atoms with van der Waals surface area (Å²) >= 11 is 1.10. The van der Waals surface area contributed by atoms with Crippen LogP contribution in [0.3, 0.4) is 0 Å². The highest BCUT2D eigenvalue weighted by molar-refractivity contribution is 7.99. The van der Waals surface area contributed by atoms with Crippen LogP contribution in [0.5, 0.6) is 5.88 Å². The third-order valence-electron chi connectivity index (χ3n) is 8.60. The molecule has 4 heterocycles. The second kappa shape index (κ2) is 12.0. The first kappa shape index (κ1) is 32.0. The summed E-state index contributed by atoms with van der Waals surface area (Å²) in [6, 6.07) is 5.36. The van der Waals surface area contributed by atoms with Crippen LogP contribution in [-0.2, 0) is 17.5 Å². The van der Waals surface area contributed by atoms with Gasteiger partial charge in [0.25, 0.3) is 5.92 Å². The van der Waals surface area contributed by atoms with Crippen molar-refractivity contribution >= 4 is 40.0 Å². The van der Waals surface area contributed by atoms with Gasteiger partial charge in [-0.2, -0.15) is 18.2 Å². The van der Waals surface area contributed by atoms with Gasteiger partial charge in [-0.05, 0) is 44.1 Å². The number of benzene rings is 1. The summed E-state index contributed by atoms with van der Waals surface area (Å²) in [5.74, 6) is -2.75.